The van der Waals surface area contributed by atoms with E-state index in [1.807, 2.05) is 6.92 Å². The van der Waals surface area contributed by atoms with Gasteiger partial charge in [-0.15, -0.1) is 0 Å². The molecule has 0 bridgehead atoms. The number of aliphatic hydroxyl groups excluding tert-OH is 2. The molecular weight excluding hydrogens is 190 g/mol. The van der Waals surface area contributed by atoms with Gasteiger partial charge in [0.25, 0.3) is 0 Å². The van der Waals surface area contributed by atoms with Crippen LogP contribution < -0.4 is 5.32 Å². The molecule has 3 nitrogen and oxygen atoms in total. The lowest BCUT2D eigenvalue weighted by Gasteiger charge is -2.29. The first-order valence-electron chi connectivity index (χ1n) is 5.97. The largest absolute Gasteiger partial charge is 0.396 e. The van der Waals surface area contributed by atoms with Gasteiger partial charge in [0.15, 0.2) is 0 Å². The predicted molar refractivity (Wildman–Crippen MR) is 61.6 cm³/mol. The van der Waals surface area contributed by atoms with E-state index in [-0.39, 0.29) is 18.6 Å². The molecule has 1 aliphatic carbocycles. The molecule has 3 N–H and O–H groups in total. The van der Waals surface area contributed by atoms with Crippen LogP contribution in [0, 0.1) is 17.3 Å². The van der Waals surface area contributed by atoms with Crippen molar-refractivity contribution >= 4 is 0 Å². The first kappa shape index (κ1) is 12.9. The number of hydrogen-bond donors (Lipinski definition) is 3. The Hall–Kier alpha value is -0.120. The summed E-state index contributed by atoms with van der Waals surface area (Å²) >= 11 is 0. The van der Waals surface area contributed by atoms with E-state index in [0.717, 1.165) is 5.92 Å². The maximum atomic E-state index is 9.18. The van der Waals surface area contributed by atoms with Gasteiger partial charge in [-0.2, -0.15) is 0 Å². The highest BCUT2D eigenvalue weighted by Gasteiger charge is 2.31. The molecule has 0 saturated heterocycles. The predicted octanol–water partition coefficient (Wildman–Crippen LogP) is 1.00. The highest BCUT2D eigenvalue weighted by molar-refractivity contribution is 4.87. The molecule has 90 valence electrons. The van der Waals surface area contributed by atoms with Gasteiger partial charge >= 0.3 is 0 Å². The molecule has 15 heavy (non-hydrogen) atoms. The van der Waals surface area contributed by atoms with Gasteiger partial charge in [0.05, 0.1) is 13.2 Å². The van der Waals surface area contributed by atoms with E-state index in [9.17, 15) is 10.2 Å². The lowest BCUT2D eigenvalue weighted by Crippen LogP contribution is -2.43. The molecule has 3 atom stereocenters. The molecule has 0 amide bonds. The second kappa shape index (κ2) is 5.28. The van der Waals surface area contributed by atoms with Crippen molar-refractivity contribution < 1.29 is 10.2 Å². The molecule has 1 rings (SSSR count). The Labute approximate surface area is 92.9 Å². The first-order chi connectivity index (χ1) is 7.02. The van der Waals surface area contributed by atoms with E-state index in [1.54, 1.807) is 0 Å². The standard InChI is InChI=1S/C12H25NO2/c1-9-4-5-11(10(9)2)13-6-12(3,7-14)8-15/h9-11,13-15H,4-8H2,1-3H3. The molecule has 0 aromatic carbocycles. The topological polar surface area (TPSA) is 52.5 Å². The molecule has 0 aromatic heterocycles. The zero-order valence-electron chi connectivity index (χ0n) is 10.2. The number of hydrogen-bond acceptors (Lipinski definition) is 3. The fourth-order valence-corrected chi connectivity index (χ4v) is 2.19. The quantitative estimate of drug-likeness (QED) is 0.641. The van der Waals surface area contributed by atoms with Crippen LogP contribution in [0.3, 0.4) is 0 Å². The molecular formula is C12H25NO2. The molecule has 0 aliphatic heterocycles. The fourth-order valence-electron chi connectivity index (χ4n) is 2.19. The fraction of sp³-hybridized carbons (Fsp3) is 1.00. The molecule has 0 heterocycles. The monoisotopic (exact) mass is 215 g/mol. The van der Waals surface area contributed by atoms with Gasteiger partial charge in [0.1, 0.15) is 0 Å². The van der Waals surface area contributed by atoms with Gasteiger partial charge in [-0.05, 0) is 24.7 Å². The van der Waals surface area contributed by atoms with E-state index in [0.29, 0.717) is 18.5 Å². The molecule has 3 heteroatoms. The van der Waals surface area contributed by atoms with Gasteiger partial charge in [0, 0.05) is 18.0 Å². The molecule has 1 fully saturated rings. The van der Waals surface area contributed by atoms with Crippen LogP contribution in [0.1, 0.15) is 33.6 Å². The zero-order chi connectivity index (χ0) is 11.5. The second-order valence-electron chi connectivity index (χ2n) is 5.53. The summed E-state index contributed by atoms with van der Waals surface area (Å²) in [5.74, 6) is 1.49. The normalized spacial score (nSPS) is 32.2. The lowest BCUT2D eigenvalue weighted by atomic mass is 9.91. The highest BCUT2D eigenvalue weighted by Crippen LogP contribution is 2.31. The Morgan fingerprint density at radius 1 is 1.20 bits per heavy atom. The summed E-state index contributed by atoms with van der Waals surface area (Å²) < 4.78 is 0. The summed E-state index contributed by atoms with van der Waals surface area (Å²) in [7, 11) is 0. The van der Waals surface area contributed by atoms with Gasteiger partial charge < -0.3 is 15.5 Å². The number of rotatable bonds is 5. The van der Waals surface area contributed by atoms with Crippen LogP contribution >= 0.6 is 0 Å². The SMILES string of the molecule is CC1CCC(NCC(C)(CO)CO)C1C. The maximum Gasteiger partial charge on any atom is 0.0518 e. The minimum atomic E-state index is -0.383. The average molecular weight is 215 g/mol. The van der Waals surface area contributed by atoms with Crippen molar-refractivity contribution in [2.75, 3.05) is 19.8 Å². The first-order valence-corrected chi connectivity index (χ1v) is 5.97. The summed E-state index contributed by atoms with van der Waals surface area (Å²) in [5.41, 5.74) is -0.383. The van der Waals surface area contributed by atoms with Crippen molar-refractivity contribution in [3.8, 4) is 0 Å². The molecule has 3 unspecified atom stereocenters. The van der Waals surface area contributed by atoms with E-state index >= 15 is 0 Å². The van der Waals surface area contributed by atoms with E-state index in [2.05, 4.69) is 19.2 Å². The van der Waals surface area contributed by atoms with Crippen molar-refractivity contribution in [2.45, 2.75) is 39.7 Å². The summed E-state index contributed by atoms with van der Waals surface area (Å²) in [4.78, 5) is 0. The van der Waals surface area contributed by atoms with Crippen molar-refractivity contribution in [1.29, 1.82) is 0 Å². The van der Waals surface area contributed by atoms with Crippen molar-refractivity contribution in [3.05, 3.63) is 0 Å². The summed E-state index contributed by atoms with van der Waals surface area (Å²) in [6, 6.07) is 0.553. The Kier molecular flexibility index (Phi) is 4.56. The molecule has 1 saturated carbocycles. The van der Waals surface area contributed by atoms with Gasteiger partial charge in [-0.1, -0.05) is 20.8 Å². The van der Waals surface area contributed by atoms with Crippen molar-refractivity contribution in [3.63, 3.8) is 0 Å². The number of nitrogens with one attached hydrogen (secondary N) is 1. The Morgan fingerprint density at radius 3 is 2.20 bits per heavy atom. The smallest absolute Gasteiger partial charge is 0.0518 e. The minimum absolute atomic E-state index is 0.0349. The van der Waals surface area contributed by atoms with Crippen LogP contribution in [0.4, 0.5) is 0 Å². The molecule has 0 spiro atoms. The summed E-state index contributed by atoms with van der Waals surface area (Å²) in [5, 5.41) is 21.8. The third-order valence-electron chi connectivity index (χ3n) is 4.02. The van der Waals surface area contributed by atoms with Crippen LogP contribution in [-0.4, -0.2) is 36.0 Å². The molecule has 1 aliphatic rings. The van der Waals surface area contributed by atoms with Crippen molar-refractivity contribution in [2.24, 2.45) is 17.3 Å². The maximum absolute atomic E-state index is 9.18. The average Bonchev–Trinajstić information content (AvgIpc) is 2.57. The van der Waals surface area contributed by atoms with Crippen LogP contribution in [0.2, 0.25) is 0 Å². The van der Waals surface area contributed by atoms with E-state index in [1.165, 1.54) is 12.8 Å². The number of aliphatic hydroxyl groups is 2. The summed E-state index contributed by atoms with van der Waals surface area (Å²) in [6.07, 6.45) is 2.50. The Balaban J connectivity index is 2.37. The van der Waals surface area contributed by atoms with Crippen molar-refractivity contribution in [1.82, 2.24) is 5.32 Å². The van der Waals surface area contributed by atoms with E-state index in [4.69, 9.17) is 0 Å². The lowest BCUT2D eigenvalue weighted by molar-refractivity contribution is 0.0659. The zero-order valence-corrected chi connectivity index (χ0v) is 10.2. The molecule has 0 aromatic rings. The Morgan fingerprint density at radius 2 is 1.80 bits per heavy atom. The second-order valence-corrected chi connectivity index (χ2v) is 5.53. The van der Waals surface area contributed by atoms with Crippen LogP contribution in [-0.2, 0) is 0 Å². The van der Waals surface area contributed by atoms with Crippen LogP contribution in [0.15, 0.2) is 0 Å². The Bertz CT molecular complexity index is 192. The highest BCUT2D eigenvalue weighted by atomic mass is 16.3. The van der Waals surface area contributed by atoms with E-state index < -0.39 is 0 Å². The third-order valence-corrected chi connectivity index (χ3v) is 4.02. The van der Waals surface area contributed by atoms with Gasteiger partial charge in [0.2, 0.25) is 0 Å². The third kappa shape index (κ3) is 3.16. The van der Waals surface area contributed by atoms with Crippen LogP contribution in [0.25, 0.3) is 0 Å². The minimum Gasteiger partial charge on any atom is -0.396 e. The van der Waals surface area contributed by atoms with Gasteiger partial charge in [-0.3, -0.25) is 0 Å². The molecule has 0 radical (unpaired) electrons. The van der Waals surface area contributed by atoms with Gasteiger partial charge in [-0.25, -0.2) is 0 Å². The summed E-state index contributed by atoms with van der Waals surface area (Å²) in [6.45, 7) is 7.25. The van der Waals surface area contributed by atoms with Crippen LogP contribution in [0.5, 0.6) is 0 Å².